The lowest BCUT2D eigenvalue weighted by atomic mass is 9.70. The average Bonchev–Trinajstić information content (AvgIpc) is 2.87. The van der Waals surface area contributed by atoms with Crippen molar-refractivity contribution in [3.8, 4) is 0 Å². The van der Waals surface area contributed by atoms with Crippen molar-refractivity contribution in [2.45, 2.75) is 18.4 Å². The molecule has 1 saturated heterocycles. The van der Waals surface area contributed by atoms with Crippen LogP contribution in [-0.4, -0.2) is 38.2 Å². The van der Waals surface area contributed by atoms with E-state index in [1.54, 1.807) is 12.5 Å². The van der Waals surface area contributed by atoms with Crippen molar-refractivity contribution >= 4 is 11.5 Å². The number of hydrogen-bond acceptors (Lipinski definition) is 5. The predicted octanol–water partition coefficient (Wildman–Crippen LogP) is 0.0518. The van der Waals surface area contributed by atoms with Gasteiger partial charge in [-0.1, -0.05) is 0 Å². The van der Waals surface area contributed by atoms with Gasteiger partial charge in [-0.05, 0) is 18.8 Å². The third-order valence-corrected chi connectivity index (χ3v) is 4.19. The van der Waals surface area contributed by atoms with E-state index in [1.807, 2.05) is 10.7 Å². The van der Waals surface area contributed by atoms with Gasteiger partial charge in [-0.25, -0.2) is 4.98 Å². The van der Waals surface area contributed by atoms with Crippen LogP contribution in [-0.2, 0) is 0 Å². The molecule has 2 aliphatic rings. The van der Waals surface area contributed by atoms with Gasteiger partial charge in [-0.3, -0.25) is 4.98 Å². The zero-order valence-electron chi connectivity index (χ0n) is 9.45. The van der Waals surface area contributed by atoms with E-state index in [0.29, 0.717) is 5.92 Å². The van der Waals surface area contributed by atoms with Gasteiger partial charge in [0.2, 0.25) is 0 Å². The fraction of sp³-hybridized carbons (Fsp3) is 0.545. The largest absolute Gasteiger partial charge is 0.353 e. The van der Waals surface area contributed by atoms with Gasteiger partial charge in [-0.15, -0.1) is 0 Å². The van der Waals surface area contributed by atoms with E-state index in [2.05, 4.69) is 20.0 Å². The Kier molecular flexibility index (Phi) is 1.62. The summed E-state index contributed by atoms with van der Waals surface area (Å²) in [5, 5.41) is 4.24. The molecule has 2 atom stereocenters. The molecule has 2 fully saturated rings. The summed E-state index contributed by atoms with van der Waals surface area (Å²) in [6.45, 7) is 1.91. The van der Waals surface area contributed by atoms with E-state index < -0.39 is 0 Å². The van der Waals surface area contributed by atoms with Crippen LogP contribution in [0.2, 0.25) is 0 Å². The number of hydrogen-bond donors (Lipinski definition) is 1. The topological polar surface area (TPSA) is 72.3 Å². The minimum atomic E-state index is 0.0166. The zero-order chi connectivity index (χ0) is 11.5. The highest BCUT2D eigenvalue weighted by atomic mass is 15.4. The van der Waals surface area contributed by atoms with Crippen molar-refractivity contribution in [1.29, 1.82) is 0 Å². The molecule has 3 heterocycles. The molecule has 88 valence electrons. The SMILES string of the molecule is N[C@]12CC[C@H]1CN(c1cncc3ncnn13)C2. The van der Waals surface area contributed by atoms with Crippen LogP contribution in [0.5, 0.6) is 0 Å². The maximum absolute atomic E-state index is 6.35. The van der Waals surface area contributed by atoms with Crippen LogP contribution < -0.4 is 10.6 Å². The van der Waals surface area contributed by atoms with Crippen LogP contribution in [0, 0.1) is 5.92 Å². The standard InChI is InChI=1S/C11H14N6/c12-11-2-1-8(11)5-16(6-11)10-4-13-3-9-14-7-15-17(9)10/h3-4,7-8H,1-2,5-6,12H2/t8-,11-/m0/s1. The summed E-state index contributed by atoms with van der Waals surface area (Å²) in [7, 11) is 0. The average molecular weight is 230 g/mol. The number of fused-ring (bicyclic) bond motifs is 2. The first-order chi connectivity index (χ1) is 8.26. The second kappa shape index (κ2) is 2.95. The first-order valence-corrected chi connectivity index (χ1v) is 5.94. The third kappa shape index (κ3) is 1.16. The Balaban J connectivity index is 1.78. The maximum atomic E-state index is 6.35. The Labute approximate surface area is 98.5 Å². The highest BCUT2D eigenvalue weighted by Crippen LogP contribution is 2.43. The van der Waals surface area contributed by atoms with E-state index in [-0.39, 0.29) is 5.54 Å². The number of aromatic nitrogens is 4. The molecule has 1 saturated carbocycles. The molecule has 1 aliphatic heterocycles. The molecule has 1 aliphatic carbocycles. The van der Waals surface area contributed by atoms with Crippen molar-refractivity contribution in [1.82, 2.24) is 19.6 Å². The summed E-state index contributed by atoms with van der Waals surface area (Å²) in [4.78, 5) is 10.7. The minimum absolute atomic E-state index is 0.0166. The Morgan fingerprint density at radius 2 is 2.35 bits per heavy atom. The first kappa shape index (κ1) is 9.35. The van der Waals surface area contributed by atoms with Gasteiger partial charge < -0.3 is 10.6 Å². The van der Waals surface area contributed by atoms with Crippen LogP contribution in [0.15, 0.2) is 18.7 Å². The quantitative estimate of drug-likeness (QED) is 0.749. The summed E-state index contributed by atoms with van der Waals surface area (Å²) in [5.41, 5.74) is 7.15. The van der Waals surface area contributed by atoms with Crippen LogP contribution in [0.3, 0.4) is 0 Å². The zero-order valence-corrected chi connectivity index (χ0v) is 9.45. The molecule has 0 aromatic carbocycles. The molecule has 2 aromatic rings. The number of anilines is 1. The molecule has 6 heteroatoms. The van der Waals surface area contributed by atoms with Gasteiger partial charge in [0, 0.05) is 18.6 Å². The van der Waals surface area contributed by atoms with E-state index in [4.69, 9.17) is 5.73 Å². The lowest BCUT2D eigenvalue weighted by Gasteiger charge is -2.40. The van der Waals surface area contributed by atoms with Crippen LogP contribution in [0.1, 0.15) is 12.8 Å². The van der Waals surface area contributed by atoms with E-state index in [0.717, 1.165) is 31.0 Å². The lowest BCUT2D eigenvalue weighted by molar-refractivity contribution is 0.189. The molecular formula is C11H14N6. The molecule has 0 spiro atoms. The molecule has 2 aromatic heterocycles. The van der Waals surface area contributed by atoms with Crippen molar-refractivity contribution in [3.05, 3.63) is 18.7 Å². The van der Waals surface area contributed by atoms with E-state index >= 15 is 0 Å². The lowest BCUT2D eigenvalue weighted by Crippen LogP contribution is -2.54. The second-order valence-electron chi connectivity index (χ2n) is 5.14. The maximum Gasteiger partial charge on any atom is 0.175 e. The third-order valence-electron chi connectivity index (χ3n) is 4.19. The molecule has 0 bridgehead atoms. The molecule has 6 nitrogen and oxygen atoms in total. The highest BCUT2D eigenvalue weighted by molar-refractivity contribution is 5.48. The normalized spacial score (nSPS) is 31.6. The smallest absolute Gasteiger partial charge is 0.175 e. The predicted molar refractivity (Wildman–Crippen MR) is 62.6 cm³/mol. The monoisotopic (exact) mass is 230 g/mol. The van der Waals surface area contributed by atoms with Crippen molar-refractivity contribution in [2.24, 2.45) is 11.7 Å². The number of rotatable bonds is 1. The van der Waals surface area contributed by atoms with Crippen molar-refractivity contribution < 1.29 is 0 Å². The van der Waals surface area contributed by atoms with Gasteiger partial charge in [0.1, 0.15) is 6.33 Å². The number of nitrogens with zero attached hydrogens (tertiary/aromatic N) is 5. The fourth-order valence-corrected chi connectivity index (χ4v) is 3.02. The van der Waals surface area contributed by atoms with Gasteiger partial charge in [0.15, 0.2) is 11.5 Å². The van der Waals surface area contributed by atoms with E-state index in [9.17, 15) is 0 Å². The number of nitrogens with two attached hydrogens (primary N) is 1. The molecule has 17 heavy (non-hydrogen) atoms. The summed E-state index contributed by atoms with van der Waals surface area (Å²) >= 11 is 0. The Morgan fingerprint density at radius 3 is 3.06 bits per heavy atom. The second-order valence-corrected chi connectivity index (χ2v) is 5.14. The molecule has 4 rings (SSSR count). The van der Waals surface area contributed by atoms with Crippen LogP contribution in [0.25, 0.3) is 5.65 Å². The Bertz CT molecular complexity index is 578. The summed E-state index contributed by atoms with van der Waals surface area (Å²) in [6, 6.07) is 0. The first-order valence-electron chi connectivity index (χ1n) is 5.94. The summed E-state index contributed by atoms with van der Waals surface area (Å²) in [6.07, 6.45) is 7.50. The minimum Gasteiger partial charge on any atom is -0.353 e. The van der Waals surface area contributed by atoms with Crippen LogP contribution >= 0.6 is 0 Å². The van der Waals surface area contributed by atoms with Gasteiger partial charge >= 0.3 is 0 Å². The molecule has 0 unspecified atom stereocenters. The van der Waals surface area contributed by atoms with Gasteiger partial charge in [0.25, 0.3) is 0 Å². The molecular weight excluding hydrogens is 216 g/mol. The molecule has 2 N–H and O–H groups in total. The molecule has 0 amide bonds. The van der Waals surface area contributed by atoms with Crippen LogP contribution in [0.4, 0.5) is 5.82 Å². The summed E-state index contributed by atoms with van der Waals surface area (Å²) < 4.78 is 1.83. The Hall–Kier alpha value is -1.69. The Morgan fingerprint density at radius 1 is 1.41 bits per heavy atom. The van der Waals surface area contributed by atoms with E-state index in [1.165, 1.54) is 6.42 Å². The highest BCUT2D eigenvalue weighted by Gasteiger charge is 2.50. The molecule has 0 radical (unpaired) electrons. The van der Waals surface area contributed by atoms with Crippen molar-refractivity contribution in [3.63, 3.8) is 0 Å². The van der Waals surface area contributed by atoms with Crippen molar-refractivity contribution in [2.75, 3.05) is 18.0 Å². The summed E-state index contributed by atoms with van der Waals surface area (Å²) in [5.74, 6) is 1.63. The van der Waals surface area contributed by atoms with Gasteiger partial charge in [-0.2, -0.15) is 9.61 Å². The fourth-order valence-electron chi connectivity index (χ4n) is 3.02. The van der Waals surface area contributed by atoms with Gasteiger partial charge in [0.05, 0.1) is 12.4 Å².